The van der Waals surface area contributed by atoms with Crippen LogP contribution >= 0.6 is 11.8 Å². The smallest absolute Gasteiger partial charge is 0.255 e. The fourth-order valence-electron chi connectivity index (χ4n) is 2.88. The van der Waals surface area contributed by atoms with Crippen molar-refractivity contribution in [3.63, 3.8) is 0 Å². The molecule has 0 atom stereocenters. The van der Waals surface area contributed by atoms with Crippen LogP contribution < -0.4 is 10.9 Å². The molecule has 1 aliphatic carbocycles. The number of hydrogen-bond donors (Lipinski definition) is 1. The van der Waals surface area contributed by atoms with E-state index in [1.54, 1.807) is 28.6 Å². The Hall–Kier alpha value is -1.75. The molecule has 5 heteroatoms. The molecule has 1 saturated carbocycles. The molecular weight excluding hydrogens is 294 g/mol. The number of aromatic nitrogens is 2. The van der Waals surface area contributed by atoms with Gasteiger partial charge >= 0.3 is 0 Å². The van der Waals surface area contributed by atoms with E-state index >= 15 is 0 Å². The second kappa shape index (κ2) is 7.01. The molecular formula is C17H21N3OS. The molecule has 0 unspecified atom stereocenters. The number of anilines is 1. The van der Waals surface area contributed by atoms with Crippen molar-refractivity contribution in [1.82, 2.24) is 9.55 Å². The Morgan fingerprint density at radius 3 is 2.77 bits per heavy atom. The van der Waals surface area contributed by atoms with Gasteiger partial charge in [0, 0.05) is 24.1 Å². The number of thioether (sulfide) groups is 1. The zero-order valence-corrected chi connectivity index (χ0v) is 13.6. The minimum atomic E-state index is -0.0249. The van der Waals surface area contributed by atoms with Crippen LogP contribution in [-0.4, -0.2) is 21.8 Å². The maximum atomic E-state index is 12.1. The van der Waals surface area contributed by atoms with E-state index in [0.29, 0.717) is 6.04 Å². The minimum Gasteiger partial charge on any atom is -0.367 e. The van der Waals surface area contributed by atoms with E-state index in [-0.39, 0.29) is 5.56 Å². The molecule has 1 aliphatic rings. The van der Waals surface area contributed by atoms with Crippen molar-refractivity contribution in [3.8, 4) is 5.69 Å². The lowest BCUT2D eigenvalue weighted by Gasteiger charge is -2.13. The molecule has 4 nitrogen and oxygen atoms in total. The number of nitrogens with one attached hydrogen (secondary N) is 1. The van der Waals surface area contributed by atoms with Gasteiger partial charge in [0.25, 0.3) is 5.56 Å². The summed E-state index contributed by atoms with van der Waals surface area (Å²) in [4.78, 5) is 16.5. The van der Waals surface area contributed by atoms with E-state index in [1.165, 1.54) is 25.7 Å². The van der Waals surface area contributed by atoms with E-state index in [1.807, 2.05) is 24.4 Å². The van der Waals surface area contributed by atoms with E-state index in [9.17, 15) is 4.79 Å². The highest BCUT2D eigenvalue weighted by Gasteiger charge is 2.14. The van der Waals surface area contributed by atoms with Gasteiger partial charge in [-0.25, -0.2) is 4.98 Å². The summed E-state index contributed by atoms with van der Waals surface area (Å²) in [5, 5.41) is 3.46. The molecule has 0 saturated heterocycles. The van der Waals surface area contributed by atoms with Crippen molar-refractivity contribution >= 4 is 17.6 Å². The summed E-state index contributed by atoms with van der Waals surface area (Å²) in [5.74, 6) is 1.79. The van der Waals surface area contributed by atoms with Gasteiger partial charge in [0.15, 0.2) is 0 Å². The Kier molecular flexibility index (Phi) is 4.83. The van der Waals surface area contributed by atoms with Crippen molar-refractivity contribution < 1.29 is 0 Å². The predicted octanol–water partition coefficient (Wildman–Crippen LogP) is 3.45. The first-order chi connectivity index (χ1) is 10.8. The zero-order valence-electron chi connectivity index (χ0n) is 12.8. The molecule has 0 amide bonds. The highest BCUT2D eigenvalue weighted by atomic mass is 32.2. The van der Waals surface area contributed by atoms with Crippen molar-refractivity contribution in [2.24, 2.45) is 0 Å². The quantitative estimate of drug-likeness (QED) is 0.918. The van der Waals surface area contributed by atoms with Gasteiger partial charge in [-0.3, -0.25) is 9.36 Å². The minimum absolute atomic E-state index is 0.0249. The van der Waals surface area contributed by atoms with Gasteiger partial charge in [-0.05, 0) is 36.8 Å². The summed E-state index contributed by atoms with van der Waals surface area (Å²) in [6.07, 6.45) is 10.8. The summed E-state index contributed by atoms with van der Waals surface area (Å²) >= 11 is 1.74. The molecule has 2 aromatic heterocycles. The highest BCUT2D eigenvalue weighted by Crippen LogP contribution is 2.21. The molecule has 2 heterocycles. The first-order valence-corrected chi connectivity index (χ1v) is 9.09. The average molecular weight is 315 g/mol. The Bertz CT molecular complexity index is 675. The summed E-state index contributed by atoms with van der Waals surface area (Å²) < 4.78 is 1.66. The Morgan fingerprint density at radius 2 is 2.09 bits per heavy atom. The molecule has 3 rings (SSSR count). The monoisotopic (exact) mass is 315 g/mol. The predicted molar refractivity (Wildman–Crippen MR) is 92.9 cm³/mol. The molecule has 0 spiro atoms. The standard InChI is InChI=1S/C17H21N3OS/c1-22-12-13-6-9-17(21)20(11-13)15-7-8-16(18-10-15)19-14-4-2-3-5-14/h6-11,14H,2-5,12H2,1H3,(H,18,19). The summed E-state index contributed by atoms with van der Waals surface area (Å²) in [6, 6.07) is 7.97. The lowest BCUT2D eigenvalue weighted by atomic mass is 10.2. The first-order valence-electron chi connectivity index (χ1n) is 7.70. The van der Waals surface area contributed by atoms with Crippen LogP contribution in [0.15, 0.2) is 41.5 Å². The Morgan fingerprint density at radius 1 is 1.27 bits per heavy atom. The zero-order chi connectivity index (χ0) is 15.4. The number of nitrogens with zero attached hydrogens (tertiary/aromatic N) is 2. The second-order valence-electron chi connectivity index (χ2n) is 5.71. The van der Waals surface area contributed by atoms with Crippen LogP contribution in [0, 0.1) is 0 Å². The summed E-state index contributed by atoms with van der Waals surface area (Å²) in [5.41, 5.74) is 1.92. The van der Waals surface area contributed by atoms with Gasteiger partial charge in [0.1, 0.15) is 5.82 Å². The Labute approximate surface area is 135 Å². The van der Waals surface area contributed by atoms with Crippen LogP contribution in [0.4, 0.5) is 5.82 Å². The highest BCUT2D eigenvalue weighted by molar-refractivity contribution is 7.97. The number of hydrogen-bond acceptors (Lipinski definition) is 4. The third-order valence-electron chi connectivity index (χ3n) is 4.02. The van der Waals surface area contributed by atoms with Gasteiger partial charge in [-0.1, -0.05) is 18.9 Å². The molecule has 0 aromatic carbocycles. The van der Waals surface area contributed by atoms with E-state index in [0.717, 1.165) is 22.8 Å². The number of rotatable bonds is 5. The van der Waals surface area contributed by atoms with Crippen LogP contribution in [0.1, 0.15) is 31.2 Å². The van der Waals surface area contributed by atoms with Gasteiger partial charge in [-0.2, -0.15) is 11.8 Å². The first kappa shape index (κ1) is 15.2. The molecule has 0 radical (unpaired) electrons. The number of pyridine rings is 2. The largest absolute Gasteiger partial charge is 0.367 e. The van der Waals surface area contributed by atoms with Crippen LogP contribution in [0.2, 0.25) is 0 Å². The van der Waals surface area contributed by atoms with Crippen molar-refractivity contribution in [2.45, 2.75) is 37.5 Å². The van der Waals surface area contributed by atoms with Gasteiger partial charge < -0.3 is 5.32 Å². The topological polar surface area (TPSA) is 46.9 Å². The average Bonchev–Trinajstić information content (AvgIpc) is 3.03. The molecule has 0 bridgehead atoms. The third kappa shape index (κ3) is 3.53. The van der Waals surface area contributed by atoms with Crippen molar-refractivity contribution in [1.29, 1.82) is 0 Å². The molecule has 0 aliphatic heterocycles. The second-order valence-corrected chi connectivity index (χ2v) is 6.57. The summed E-state index contributed by atoms with van der Waals surface area (Å²) in [7, 11) is 0. The molecule has 22 heavy (non-hydrogen) atoms. The van der Waals surface area contributed by atoms with Crippen LogP contribution in [0.25, 0.3) is 5.69 Å². The van der Waals surface area contributed by atoms with Gasteiger partial charge in [0.05, 0.1) is 11.9 Å². The van der Waals surface area contributed by atoms with Gasteiger partial charge in [0.2, 0.25) is 0 Å². The maximum absolute atomic E-state index is 12.1. The summed E-state index contributed by atoms with van der Waals surface area (Å²) in [6.45, 7) is 0. The van der Waals surface area contributed by atoms with Crippen molar-refractivity contribution in [3.05, 3.63) is 52.6 Å². The fourth-order valence-corrected chi connectivity index (χ4v) is 3.38. The molecule has 2 aromatic rings. The lowest BCUT2D eigenvalue weighted by molar-refractivity contribution is 0.750. The molecule has 116 valence electrons. The van der Waals surface area contributed by atoms with E-state index in [4.69, 9.17) is 0 Å². The SMILES string of the molecule is CSCc1ccc(=O)n(-c2ccc(NC3CCCC3)nc2)c1. The van der Waals surface area contributed by atoms with E-state index in [2.05, 4.69) is 16.6 Å². The van der Waals surface area contributed by atoms with Gasteiger partial charge in [-0.15, -0.1) is 0 Å². The fraction of sp³-hybridized carbons (Fsp3) is 0.412. The maximum Gasteiger partial charge on any atom is 0.255 e. The molecule has 1 N–H and O–H groups in total. The van der Waals surface area contributed by atoms with Crippen LogP contribution in [-0.2, 0) is 5.75 Å². The van der Waals surface area contributed by atoms with Crippen molar-refractivity contribution in [2.75, 3.05) is 11.6 Å². The lowest BCUT2D eigenvalue weighted by Crippen LogP contribution is -2.18. The van der Waals surface area contributed by atoms with Crippen LogP contribution in [0.5, 0.6) is 0 Å². The van der Waals surface area contributed by atoms with E-state index < -0.39 is 0 Å². The van der Waals surface area contributed by atoms with Crippen LogP contribution in [0.3, 0.4) is 0 Å². The molecule has 1 fully saturated rings. The third-order valence-corrected chi connectivity index (χ3v) is 4.64. The normalized spacial score (nSPS) is 15.1. The Balaban J connectivity index is 1.79.